The number of rotatable bonds is 2. The minimum atomic E-state index is -0.560. The summed E-state index contributed by atoms with van der Waals surface area (Å²) in [7, 11) is 0. The zero-order valence-corrected chi connectivity index (χ0v) is 13.4. The Labute approximate surface area is 134 Å². The van der Waals surface area contributed by atoms with Crippen LogP contribution >= 0.6 is 0 Å². The van der Waals surface area contributed by atoms with Crippen molar-refractivity contribution in [1.29, 1.82) is 0 Å². The van der Waals surface area contributed by atoms with Gasteiger partial charge in [0.1, 0.15) is 11.8 Å². The third-order valence-electron chi connectivity index (χ3n) is 4.23. The van der Waals surface area contributed by atoms with Crippen molar-refractivity contribution >= 4 is 11.9 Å². The molecule has 0 radical (unpaired) electrons. The highest BCUT2D eigenvalue weighted by Gasteiger charge is 2.59. The van der Waals surface area contributed by atoms with Crippen LogP contribution in [0.15, 0.2) is 18.3 Å². The third-order valence-corrected chi connectivity index (χ3v) is 4.23. The maximum Gasteiger partial charge on any atom is 0.410 e. The van der Waals surface area contributed by atoms with E-state index >= 15 is 0 Å². The molecule has 1 atom stereocenters. The lowest BCUT2D eigenvalue weighted by Crippen LogP contribution is -2.73. The van der Waals surface area contributed by atoms with Crippen LogP contribution in [0.3, 0.4) is 0 Å². The number of likely N-dealkylation sites (tertiary alicyclic amines) is 1. The Morgan fingerprint density at radius 2 is 2.17 bits per heavy atom. The Morgan fingerprint density at radius 3 is 2.61 bits per heavy atom. The Kier molecular flexibility index (Phi) is 3.51. The topological polar surface area (TPSA) is 97.6 Å². The Hall–Kier alpha value is -2.22. The van der Waals surface area contributed by atoms with Crippen molar-refractivity contribution in [2.45, 2.75) is 32.4 Å². The summed E-state index contributed by atoms with van der Waals surface area (Å²) in [6.07, 6.45) is 1.12. The predicted octanol–water partition coefficient (Wildman–Crippen LogP) is 1.87. The molecule has 1 aromatic heterocycles. The van der Waals surface area contributed by atoms with Gasteiger partial charge in [0.25, 0.3) is 0 Å². The molecular formula is C15H20N4O4. The van der Waals surface area contributed by atoms with Gasteiger partial charge in [0.15, 0.2) is 0 Å². The van der Waals surface area contributed by atoms with E-state index in [0.717, 1.165) is 18.7 Å². The molecule has 8 heteroatoms. The minimum Gasteiger partial charge on any atom is -0.444 e. The van der Waals surface area contributed by atoms with Gasteiger partial charge < -0.3 is 20.2 Å². The number of nitrogens with zero attached hydrogens (tertiary/aromatic N) is 3. The third kappa shape index (κ3) is 2.74. The molecule has 23 heavy (non-hydrogen) atoms. The Bertz CT molecular complexity index is 634. The lowest BCUT2D eigenvalue weighted by molar-refractivity contribution is -0.389. The van der Waals surface area contributed by atoms with Gasteiger partial charge in [0.2, 0.25) is 0 Å². The van der Waals surface area contributed by atoms with Crippen LogP contribution in [0.1, 0.15) is 32.4 Å². The molecule has 2 saturated heterocycles. The number of carbonyl (C=O) groups excluding carboxylic acids is 1. The molecule has 0 saturated carbocycles. The first-order chi connectivity index (χ1) is 10.7. The van der Waals surface area contributed by atoms with E-state index in [2.05, 4.69) is 10.3 Å². The van der Waals surface area contributed by atoms with Gasteiger partial charge in [0, 0.05) is 36.7 Å². The van der Waals surface area contributed by atoms with Crippen molar-refractivity contribution in [3.05, 3.63) is 34.0 Å². The second-order valence-corrected chi connectivity index (χ2v) is 7.18. The van der Waals surface area contributed by atoms with Crippen molar-refractivity contribution in [2.75, 3.05) is 19.6 Å². The number of hydrogen-bond acceptors (Lipinski definition) is 6. The van der Waals surface area contributed by atoms with Gasteiger partial charge >= 0.3 is 11.9 Å². The van der Waals surface area contributed by atoms with Gasteiger partial charge in [-0.15, -0.1) is 0 Å². The maximum atomic E-state index is 12.4. The molecule has 1 N–H and O–H groups in total. The van der Waals surface area contributed by atoms with E-state index in [1.165, 1.54) is 12.3 Å². The van der Waals surface area contributed by atoms with Crippen LogP contribution in [0.4, 0.5) is 10.6 Å². The van der Waals surface area contributed by atoms with Gasteiger partial charge in [-0.1, -0.05) is 0 Å². The van der Waals surface area contributed by atoms with Gasteiger partial charge in [-0.05, 0) is 36.7 Å². The highest BCUT2D eigenvalue weighted by atomic mass is 16.6. The molecule has 2 aliphatic heterocycles. The molecule has 3 rings (SSSR count). The fourth-order valence-electron chi connectivity index (χ4n) is 3.18. The number of ether oxygens (including phenoxy) is 1. The van der Waals surface area contributed by atoms with Gasteiger partial charge in [-0.2, -0.15) is 0 Å². The van der Waals surface area contributed by atoms with E-state index in [4.69, 9.17) is 4.74 Å². The zero-order chi connectivity index (χ0) is 16.8. The molecule has 8 nitrogen and oxygen atoms in total. The molecule has 124 valence electrons. The Morgan fingerprint density at radius 1 is 1.48 bits per heavy atom. The summed E-state index contributed by atoms with van der Waals surface area (Å²) in [6.45, 7) is 7.73. The van der Waals surface area contributed by atoms with Crippen LogP contribution in [0.2, 0.25) is 0 Å². The Balaban J connectivity index is 1.83. The van der Waals surface area contributed by atoms with Crippen LogP contribution in [-0.2, 0) is 4.74 Å². The van der Waals surface area contributed by atoms with Gasteiger partial charge in [0.05, 0.1) is 6.04 Å². The molecule has 0 aliphatic carbocycles. The smallest absolute Gasteiger partial charge is 0.410 e. The largest absolute Gasteiger partial charge is 0.444 e. The lowest BCUT2D eigenvalue weighted by atomic mass is 9.65. The summed E-state index contributed by atoms with van der Waals surface area (Å²) >= 11 is 0. The summed E-state index contributed by atoms with van der Waals surface area (Å²) in [6, 6.07) is 2.89. The van der Waals surface area contributed by atoms with Gasteiger partial charge in [-0.3, -0.25) is 4.90 Å². The fourth-order valence-corrected chi connectivity index (χ4v) is 3.18. The van der Waals surface area contributed by atoms with Crippen molar-refractivity contribution in [2.24, 2.45) is 5.41 Å². The van der Waals surface area contributed by atoms with E-state index in [1.54, 1.807) is 11.0 Å². The van der Waals surface area contributed by atoms with Crippen molar-refractivity contribution in [3.63, 3.8) is 0 Å². The number of carbonyl (C=O) groups is 1. The number of pyridine rings is 1. The van der Waals surface area contributed by atoms with Gasteiger partial charge in [-0.25, -0.2) is 4.79 Å². The number of aromatic nitrogens is 1. The normalized spacial score (nSPS) is 22.2. The minimum absolute atomic E-state index is 0.0191. The van der Waals surface area contributed by atoms with Crippen molar-refractivity contribution < 1.29 is 14.5 Å². The molecule has 1 spiro atoms. The monoisotopic (exact) mass is 320 g/mol. The summed E-state index contributed by atoms with van der Waals surface area (Å²) < 4.78 is 5.46. The molecule has 2 aliphatic rings. The van der Waals surface area contributed by atoms with Crippen molar-refractivity contribution in [1.82, 2.24) is 15.2 Å². The molecule has 1 aromatic rings. The van der Waals surface area contributed by atoms with E-state index in [9.17, 15) is 14.9 Å². The van der Waals surface area contributed by atoms with Crippen LogP contribution in [0.25, 0.3) is 0 Å². The zero-order valence-electron chi connectivity index (χ0n) is 13.4. The summed E-state index contributed by atoms with van der Waals surface area (Å²) in [5.74, 6) is -0.197. The van der Waals surface area contributed by atoms with Crippen molar-refractivity contribution in [3.8, 4) is 0 Å². The first-order valence-electron chi connectivity index (χ1n) is 7.53. The average molecular weight is 320 g/mol. The van der Waals surface area contributed by atoms with Crippen LogP contribution in [0, 0.1) is 15.5 Å². The average Bonchev–Trinajstić information content (AvgIpc) is 2.34. The van der Waals surface area contributed by atoms with E-state index in [-0.39, 0.29) is 23.4 Å². The number of nitro groups is 1. The number of nitrogens with one attached hydrogen (secondary N) is 1. The first kappa shape index (κ1) is 15.7. The highest BCUT2D eigenvalue weighted by molar-refractivity contribution is 5.71. The molecular weight excluding hydrogens is 300 g/mol. The molecule has 0 aromatic carbocycles. The standard InChI is InChI=1S/C15H20N4O4/c1-14(2,3)23-13(20)18-9-15(7-16-8-15)12(18)10-4-5-11(17-6-10)19(21)22/h4-6,12,16H,7-9H2,1-3H3. The lowest BCUT2D eigenvalue weighted by Gasteiger charge is -2.61. The SMILES string of the molecule is CC(C)(C)OC(=O)N1CC2(CNC2)C1c1ccc([N+](=O)[O-])nc1. The second kappa shape index (κ2) is 5.16. The van der Waals surface area contributed by atoms with Crippen LogP contribution in [0.5, 0.6) is 0 Å². The second-order valence-electron chi connectivity index (χ2n) is 7.18. The van der Waals surface area contributed by atoms with E-state index < -0.39 is 10.5 Å². The highest BCUT2D eigenvalue weighted by Crippen LogP contribution is 2.51. The number of amides is 1. The molecule has 3 heterocycles. The molecule has 0 bridgehead atoms. The predicted molar refractivity (Wildman–Crippen MR) is 81.9 cm³/mol. The number of hydrogen-bond donors (Lipinski definition) is 1. The summed E-state index contributed by atoms with van der Waals surface area (Å²) in [5.41, 5.74) is 0.222. The molecule has 2 fully saturated rings. The van der Waals surface area contributed by atoms with E-state index in [1.807, 2.05) is 20.8 Å². The van der Waals surface area contributed by atoms with E-state index in [0.29, 0.717) is 6.54 Å². The van der Waals surface area contributed by atoms with Crippen LogP contribution in [-0.4, -0.2) is 46.1 Å². The molecule has 1 amide bonds. The summed E-state index contributed by atoms with van der Waals surface area (Å²) in [5, 5.41) is 14.0. The molecule has 1 unspecified atom stereocenters. The first-order valence-corrected chi connectivity index (χ1v) is 7.53. The quantitative estimate of drug-likeness (QED) is 0.660. The summed E-state index contributed by atoms with van der Waals surface area (Å²) in [4.78, 5) is 28.1. The maximum absolute atomic E-state index is 12.4. The fraction of sp³-hybridized carbons (Fsp3) is 0.600. The van der Waals surface area contributed by atoms with Crippen LogP contribution < -0.4 is 5.32 Å².